The van der Waals surface area contributed by atoms with Gasteiger partial charge in [0.05, 0.1) is 50.1 Å². The van der Waals surface area contributed by atoms with E-state index in [1.54, 1.807) is 26.1 Å². The molecule has 0 bridgehead atoms. The number of methoxy groups -OCH3 is 1. The largest absolute Gasteiger partial charge is 0.494 e. The molecule has 2 amide bonds. The zero-order valence-electron chi connectivity index (χ0n) is 27.7. The standard InChI is InChI=1S/C30H45ClF3N7O4Si/c1-9-40(20(2)23-16-22(25(43-6)17-35-23)24-18-41-27(26(31)39-24)36-19-37-41)28(42)38-21(10-12-30(32,33)34)11-13-44-14-15-45-46(7,8)29(3,4)5/h16-21H,9-15H2,1-8H3,(H,38,42)/t20-,21+/m1/s1. The number of ether oxygens (including phenoxy) is 2. The van der Waals surface area contributed by atoms with Crippen LogP contribution in [0.4, 0.5) is 18.0 Å². The molecule has 16 heteroatoms. The number of hydrogen-bond acceptors (Lipinski definition) is 8. The molecule has 3 heterocycles. The van der Waals surface area contributed by atoms with Crippen LogP contribution in [0.25, 0.3) is 16.9 Å². The van der Waals surface area contributed by atoms with Crippen LogP contribution in [0.3, 0.4) is 0 Å². The number of amides is 2. The summed E-state index contributed by atoms with van der Waals surface area (Å²) in [5.74, 6) is 0.424. The van der Waals surface area contributed by atoms with Crippen molar-refractivity contribution >= 4 is 31.6 Å². The Balaban J connectivity index is 1.71. The third kappa shape index (κ3) is 9.99. The van der Waals surface area contributed by atoms with Gasteiger partial charge in [-0.15, -0.1) is 0 Å². The van der Waals surface area contributed by atoms with Crippen LogP contribution in [0.15, 0.2) is 24.8 Å². The van der Waals surface area contributed by atoms with E-state index in [-0.39, 0.29) is 36.2 Å². The molecule has 2 atom stereocenters. The Kier molecular flexibility index (Phi) is 12.8. The number of nitrogens with one attached hydrogen (secondary N) is 1. The normalized spacial score (nSPS) is 13.9. The van der Waals surface area contributed by atoms with Crippen LogP contribution >= 0.6 is 11.6 Å². The lowest BCUT2D eigenvalue weighted by molar-refractivity contribution is -0.136. The van der Waals surface area contributed by atoms with E-state index < -0.39 is 39.0 Å². The molecule has 0 spiro atoms. The fourth-order valence-electron chi connectivity index (χ4n) is 4.51. The van der Waals surface area contributed by atoms with Gasteiger partial charge in [-0.2, -0.15) is 18.3 Å². The molecule has 0 aliphatic carbocycles. The summed E-state index contributed by atoms with van der Waals surface area (Å²) in [7, 11) is -0.435. The van der Waals surface area contributed by atoms with Gasteiger partial charge in [0.1, 0.15) is 12.1 Å². The Hall–Kier alpha value is -3.01. The van der Waals surface area contributed by atoms with E-state index in [0.29, 0.717) is 41.6 Å². The SMILES string of the molecule is CCN(C(=O)N[C@H](CCOCCO[Si](C)(C)C(C)(C)C)CCC(F)(F)F)[C@H](C)c1cc(-c2cn3ncnc3c(Cl)n2)c(OC)cn1. The lowest BCUT2D eigenvalue weighted by Gasteiger charge is -2.36. The number of fused-ring (bicyclic) bond motifs is 1. The maximum atomic E-state index is 13.5. The minimum absolute atomic E-state index is 0.0576. The highest BCUT2D eigenvalue weighted by Gasteiger charge is 2.37. The average Bonchev–Trinajstić information content (AvgIpc) is 3.46. The number of aromatic nitrogens is 5. The minimum Gasteiger partial charge on any atom is -0.494 e. The van der Waals surface area contributed by atoms with Gasteiger partial charge in [0.15, 0.2) is 19.1 Å². The number of halogens is 4. The summed E-state index contributed by atoms with van der Waals surface area (Å²) in [5, 5.41) is 7.14. The van der Waals surface area contributed by atoms with Crippen molar-refractivity contribution in [2.75, 3.05) is 33.5 Å². The number of urea groups is 1. The van der Waals surface area contributed by atoms with Gasteiger partial charge in [0.2, 0.25) is 0 Å². The van der Waals surface area contributed by atoms with Crippen LogP contribution in [0.5, 0.6) is 5.75 Å². The van der Waals surface area contributed by atoms with Crippen molar-refractivity contribution in [3.8, 4) is 17.0 Å². The molecule has 0 fully saturated rings. The molecule has 0 aliphatic rings. The van der Waals surface area contributed by atoms with E-state index in [0.717, 1.165) is 0 Å². The van der Waals surface area contributed by atoms with Gasteiger partial charge < -0.3 is 24.1 Å². The van der Waals surface area contributed by atoms with Crippen molar-refractivity contribution in [3.63, 3.8) is 0 Å². The molecule has 46 heavy (non-hydrogen) atoms. The molecule has 3 aromatic rings. The molecular formula is C30H45ClF3N7O4Si. The third-order valence-corrected chi connectivity index (χ3v) is 13.1. The van der Waals surface area contributed by atoms with Gasteiger partial charge in [-0.3, -0.25) is 4.98 Å². The van der Waals surface area contributed by atoms with Gasteiger partial charge in [-0.1, -0.05) is 32.4 Å². The van der Waals surface area contributed by atoms with Crippen molar-refractivity contribution in [1.82, 2.24) is 34.8 Å². The molecule has 3 aromatic heterocycles. The van der Waals surface area contributed by atoms with Gasteiger partial charge in [0, 0.05) is 31.2 Å². The first kappa shape index (κ1) is 37.4. The van der Waals surface area contributed by atoms with Gasteiger partial charge in [-0.05, 0) is 50.9 Å². The van der Waals surface area contributed by atoms with Crippen LogP contribution in [-0.2, 0) is 9.16 Å². The summed E-state index contributed by atoms with van der Waals surface area (Å²) >= 11 is 6.33. The fourth-order valence-corrected chi connectivity index (χ4v) is 5.76. The summed E-state index contributed by atoms with van der Waals surface area (Å²) in [6.45, 7) is 15.5. The van der Waals surface area contributed by atoms with E-state index in [9.17, 15) is 18.0 Å². The molecule has 0 aromatic carbocycles. The fraction of sp³-hybridized carbons (Fsp3) is 0.633. The Morgan fingerprint density at radius 1 is 1.15 bits per heavy atom. The number of rotatable bonds is 15. The van der Waals surface area contributed by atoms with E-state index in [1.807, 2.05) is 0 Å². The van der Waals surface area contributed by atoms with Crippen LogP contribution in [0.2, 0.25) is 23.3 Å². The predicted molar refractivity (Wildman–Crippen MR) is 173 cm³/mol. The van der Waals surface area contributed by atoms with Crippen LogP contribution in [0, 0.1) is 0 Å². The zero-order chi connectivity index (χ0) is 34.3. The minimum atomic E-state index is -4.35. The van der Waals surface area contributed by atoms with Crippen molar-refractivity contribution < 1.29 is 31.9 Å². The molecule has 1 N–H and O–H groups in total. The Morgan fingerprint density at radius 2 is 1.87 bits per heavy atom. The Bertz CT molecular complexity index is 1450. The van der Waals surface area contributed by atoms with Crippen LogP contribution < -0.4 is 10.1 Å². The smallest absolute Gasteiger partial charge is 0.389 e. The number of hydrogen-bond donors (Lipinski definition) is 1. The second-order valence-corrected chi connectivity index (χ2v) is 17.7. The second kappa shape index (κ2) is 15.7. The van der Waals surface area contributed by atoms with E-state index in [2.05, 4.69) is 59.2 Å². The van der Waals surface area contributed by atoms with Gasteiger partial charge >= 0.3 is 12.2 Å². The maximum absolute atomic E-state index is 13.5. The third-order valence-electron chi connectivity index (χ3n) is 8.31. The first-order chi connectivity index (χ1) is 21.5. The first-order valence-corrected chi connectivity index (χ1v) is 18.5. The first-order valence-electron chi connectivity index (χ1n) is 15.2. The summed E-state index contributed by atoms with van der Waals surface area (Å²) in [4.78, 5) is 28.0. The van der Waals surface area contributed by atoms with Crippen molar-refractivity contribution in [3.05, 3.63) is 35.6 Å². The van der Waals surface area contributed by atoms with Crippen molar-refractivity contribution in [1.29, 1.82) is 0 Å². The predicted octanol–water partition coefficient (Wildman–Crippen LogP) is 7.08. The topological polar surface area (TPSA) is 116 Å². The number of alkyl halides is 3. The van der Waals surface area contributed by atoms with E-state index in [1.165, 1.54) is 29.0 Å². The summed E-state index contributed by atoms with van der Waals surface area (Å²) in [6, 6.07) is -0.0707. The van der Waals surface area contributed by atoms with Crippen LogP contribution in [0.1, 0.15) is 65.6 Å². The van der Waals surface area contributed by atoms with E-state index >= 15 is 0 Å². The molecule has 0 unspecified atom stereocenters. The lowest BCUT2D eigenvalue weighted by atomic mass is 10.1. The van der Waals surface area contributed by atoms with Gasteiger partial charge in [-0.25, -0.2) is 19.3 Å². The molecule has 3 rings (SSSR count). The Morgan fingerprint density at radius 3 is 2.50 bits per heavy atom. The van der Waals surface area contributed by atoms with Crippen LogP contribution in [-0.4, -0.2) is 89.5 Å². The Labute approximate surface area is 274 Å². The van der Waals surface area contributed by atoms with Crippen molar-refractivity contribution in [2.45, 2.75) is 90.3 Å². The quantitative estimate of drug-likeness (QED) is 0.133. The number of carbonyl (C=O) groups is 1. The molecule has 0 aliphatic heterocycles. The zero-order valence-corrected chi connectivity index (χ0v) is 29.5. The van der Waals surface area contributed by atoms with E-state index in [4.69, 9.17) is 25.5 Å². The molecule has 256 valence electrons. The molecule has 0 radical (unpaired) electrons. The number of pyridine rings is 1. The highest BCUT2D eigenvalue weighted by atomic mass is 35.5. The van der Waals surface area contributed by atoms with Gasteiger partial charge in [0.25, 0.3) is 0 Å². The number of carbonyl (C=O) groups excluding carboxylic acids is 1. The molecule has 0 saturated carbocycles. The number of nitrogens with zero attached hydrogens (tertiary/aromatic N) is 6. The highest BCUT2D eigenvalue weighted by Crippen LogP contribution is 2.36. The molecule has 0 saturated heterocycles. The highest BCUT2D eigenvalue weighted by molar-refractivity contribution is 6.74. The monoisotopic (exact) mass is 687 g/mol. The summed E-state index contributed by atoms with van der Waals surface area (Å²) in [6.07, 6.45) is -0.898. The summed E-state index contributed by atoms with van der Waals surface area (Å²) < 4.78 is 58.2. The lowest BCUT2D eigenvalue weighted by Crippen LogP contribution is -2.46. The maximum Gasteiger partial charge on any atom is 0.389 e. The van der Waals surface area contributed by atoms with Crippen molar-refractivity contribution in [2.24, 2.45) is 0 Å². The average molecular weight is 688 g/mol. The second-order valence-electron chi connectivity index (χ2n) is 12.5. The molecule has 11 nitrogen and oxygen atoms in total. The summed E-state index contributed by atoms with van der Waals surface area (Å²) in [5.41, 5.74) is 1.92. The molecular weight excluding hydrogens is 643 g/mol.